The van der Waals surface area contributed by atoms with Crippen molar-refractivity contribution in [3.8, 4) is 17.2 Å². The average Bonchev–Trinajstić information content (AvgIpc) is 1.65. The highest BCUT2D eigenvalue weighted by Gasteiger charge is 2.52. The fraction of sp³-hybridized carbons (Fsp3) is 0.829. The lowest BCUT2D eigenvalue weighted by Crippen LogP contribution is -2.47. The number of fused-ring (bicyclic) bond motifs is 10. The lowest BCUT2D eigenvalue weighted by molar-refractivity contribution is -0.164. The van der Waals surface area contributed by atoms with Gasteiger partial charge in [-0.3, -0.25) is 0 Å². The molecule has 20 unspecified atom stereocenters. The van der Waals surface area contributed by atoms with E-state index in [1.165, 1.54) is 216 Å². The first kappa shape index (κ1) is 105. The predicted octanol–water partition coefficient (Wildman–Crippen LogP) is 9.57. The largest absolute Gasteiger partial charge is 0.493 e. The van der Waals surface area contributed by atoms with E-state index >= 15 is 0 Å². The molecule has 21 rings (SSSR count). The summed E-state index contributed by atoms with van der Waals surface area (Å²) in [7, 11) is 10.3. The fourth-order valence-electron chi connectivity index (χ4n) is 24.4. The summed E-state index contributed by atoms with van der Waals surface area (Å²) in [6, 6.07) is 28.0. The molecule has 0 radical (unpaired) electrons. The summed E-state index contributed by atoms with van der Waals surface area (Å²) in [5, 5.41) is 1.40. The molecule has 18 nitrogen and oxygen atoms in total. The van der Waals surface area contributed by atoms with Crippen LogP contribution in [0.25, 0.3) is 0 Å². The third-order valence-electron chi connectivity index (χ3n) is 36.1. The molecule has 131 heavy (non-hydrogen) atoms. The van der Waals surface area contributed by atoms with E-state index in [1.54, 1.807) is 6.42 Å². The summed E-state index contributed by atoms with van der Waals surface area (Å²) < 4.78 is 102. The van der Waals surface area contributed by atoms with Gasteiger partial charge in [0.2, 0.25) is 0 Å². The van der Waals surface area contributed by atoms with E-state index in [9.17, 15) is 0 Å². The van der Waals surface area contributed by atoms with E-state index in [0.717, 1.165) is 294 Å². The van der Waals surface area contributed by atoms with Gasteiger partial charge in [-0.25, -0.2) is 0 Å². The Hall–Kier alpha value is -1.80. The van der Waals surface area contributed by atoms with E-state index in [1.807, 2.05) is 0 Å². The molecule has 18 fully saturated rings. The number of hydrogen-bond donors (Lipinski definition) is 0. The maximum Gasteiger partial charge on any atom is 0.119 e. The van der Waals surface area contributed by atoms with Crippen LogP contribution in [0.4, 0.5) is 0 Å². The van der Waals surface area contributed by atoms with Gasteiger partial charge in [-0.15, -0.1) is 0 Å². The van der Waals surface area contributed by atoms with Crippen LogP contribution in [0.2, 0.25) is 33.7 Å². The number of aryl methyl sites for hydroxylation is 1. The van der Waals surface area contributed by atoms with Crippen molar-refractivity contribution >= 4 is 87.1 Å². The lowest BCUT2D eigenvalue weighted by Gasteiger charge is -2.42. The van der Waals surface area contributed by atoms with Gasteiger partial charge in [0, 0.05) is 127 Å². The fourth-order valence-corrected chi connectivity index (χ4v) is 31.9. The Labute approximate surface area is 816 Å². The first-order chi connectivity index (χ1) is 63.4. The summed E-state index contributed by atoms with van der Waals surface area (Å²) in [5.41, 5.74) is 10.4. The minimum atomic E-state index is 0.272. The molecular formula is C105H182O18Si8. The van der Waals surface area contributed by atoms with Crippen molar-refractivity contribution in [3.63, 3.8) is 0 Å². The molecule has 0 aromatic heterocycles. The molecule has 10 bridgehead atoms. The number of ether oxygens (including phenoxy) is 18. The molecule has 0 N–H and O–H groups in total. The van der Waals surface area contributed by atoms with Crippen molar-refractivity contribution in [2.75, 3.05) is 178 Å². The van der Waals surface area contributed by atoms with Crippen LogP contribution in [0.3, 0.4) is 0 Å². The SMILES string of the molecule is CCC1(COC2CC3CC([SiH3])C2C3)COC1.CCC1(COC2CC3CC2CC3[SiH3])COC1.CCC1(COCC2CC3CC([SiH3])C2C3)COC1.CCC1(COCC2CC3CC([SiH3])C2O3)COC1.CCC1(COCC2CC3OC2CC3[SiH3])COC1.CCC1(COc2ccc(CC[SiH3])cc2)COC1.CCC1(COc2ccc(C[SiH3])cc2)COC1.CCC1(COc2ccc([SiH3])cc2)COC1. The average molecular weight is 1960 g/mol. The highest BCUT2D eigenvalue weighted by Crippen LogP contribution is 2.56. The second-order valence-electron chi connectivity index (χ2n) is 46.3. The Balaban J connectivity index is 0.000000121. The summed E-state index contributed by atoms with van der Waals surface area (Å²) in [5.74, 6) is 11.1. The maximum absolute atomic E-state index is 6.25. The molecule has 6 aliphatic carbocycles. The Morgan fingerprint density at radius 1 is 0.313 bits per heavy atom. The van der Waals surface area contributed by atoms with Gasteiger partial charge in [0.15, 0.2) is 0 Å². The molecule has 12 heterocycles. The van der Waals surface area contributed by atoms with Crippen molar-refractivity contribution in [1.82, 2.24) is 0 Å². The first-order valence-corrected chi connectivity index (χ1v) is 63.0. The van der Waals surface area contributed by atoms with Gasteiger partial charge in [0.05, 0.1) is 225 Å². The molecule has 12 aliphatic heterocycles. The van der Waals surface area contributed by atoms with Crippen LogP contribution in [0.15, 0.2) is 72.8 Å². The smallest absolute Gasteiger partial charge is 0.119 e. The molecule has 3 aromatic rings. The van der Waals surface area contributed by atoms with Gasteiger partial charge in [-0.2, -0.15) is 0 Å². The Morgan fingerprint density at radius 2 is 0.710 bits per heavy atom. The molecule has 742 valence electrons. The van der Waals surface area contributed by atoms with E-state index < -0.39 is 0 Å². The zero-order chi connectivity index (χ0) is 92.3. The minimum Gasteiger partial charge on any atom is -0.493 e. The lowest BCUT2D eigenvalue weighted by atomic mass is 9.84. The van der Waals surface area contributed by atoms with E-state index in [0.29, 0.717) is 75.5 Å². The zero-order valence-electron chi connectivity index (χ0n) is 84.9. The number of hydrogen-bond acceptors (Lipinski definition) is 18. The highest BCUT2D eigenvalue weighted by molar-refractivity contribution is 6.32. The zero-order valence-corrected chi connectivity index (χ0v) is 101. The van der Waals surface area contributed by atoms with E-state index in [2.05, 4.69) is 128 Å². The summed E-state index contributed by atoms with van der Waals surface area (Å²) in [4.78, 5) is 0. The van der Waals surface area contributed by atoms with Crippen molar-refractivity contribution in [2.45, 2.75) is 273 Å². The maximum atomic E-state index is 6.25. The van der Waals surface area contributed by atoms with Crippen LogP contribution in [0.1, 0.15) is 201 Å². The minimum absolute atomic E-state index is 0.272. The van der Waals surface area contributed by atoms with Gasteiger partial charge in [-0.1, -0.05) is 133 Å². The summed E-state index contributed by atoms with van der Waals surface area (Å²) >= 11 is 0. The third kappa shape index (κ3) is 27.6. The first-order valence-electron chi connectivity index (χ1n) is 53.4. The van der Waals surface area contributed by atoms with Crippen molar-refractivity contribution in [1.29, 1.82) is 0 Å². The Bertz CT molecular complexity index is 3700. The second-order valence-corrected chi connectivity index (χ2v) is 56.6. The van der Waals surface area contributed by atoms with Gasteiger partial charge < -0.3 is 85.3 Å². The summed E-state index contributed by atoms with van der Waals surface area (Å²) in [6.45, 7) is 41.8. The van der Waals surface area contributed by atoms with Crippen molar-refractivity contribution in [2.24, 2.45) is 96.6 Å². The molecule has 18 aliphatic rings. The van der Waals surface area contributed by atoms with Crippen LogP contribution in [0.5, 0.6) is 17.2 Å². The van der Waals surface area contributed by atoms with E-state index in [-0.39, 0.29) is 16.2 Å². The third-order valence-corrected chi connectivity index (χ3v) is 44.5. The van der Waals surface area contributed by atoms with Gasteiger partial charge >= 0.3 is 0 Å². The number of rotatable bonds is 38. The molecule has 20 atom stereocenters. The topological polar surface area (TPSA) is 166 Å². The molecule has 0 amide bonds. The Morgan fingerprint density at radius 3 is 1.05 bits per heavy atom. The van der Waals surface area contributed by atoms with Crippen LogP contribution >= 0.6 is 0 Å². The quantitative estimate of drug-likeness (QED) is 0.0497. The predicted molar refractivity (Wildman–Crippen MR) is 555 cm³/mol. The van der Waals surface area contributed by atoms with Gasteiger partial charge in [0.25, 0.3) is 0 Å². The van der Waals surface area contributed by atoms with Crippen LogP contribution in [-0.2, 0) is 83.5 Å². The molecule has 12 saturated heterocycles. The normalized spacial score (nSPS) is 34.3. The van der Waals surface area contributed by atoms with Gasteiger partial charge in [-0.05, 0) is 234 Å². The molecule has 6 saturated carbocycles. The number of benzene rings is 3. The van der Waals surface area contributed by atoms with E-state index in [4.69, 9.17) is 85.3 Å². The van der Waals surface area contributed by atoms with Crippen molar-refractivity contribution in [3.05, 3.63) is 83.9 Å². The molecular weight excluding hydrogens is 1770 g/mol. The Kier molecular flexibility index (Phi) is 39.5. The molecule has 0 spiro atoms. The highest BCUT2D eigenvalue weighted by atomic mass is 28.2. The van der Waals surface area contributed by atoms with Crippen LogP contribution < -0.4 is 19.4 Å². The second kappa shape index (κ2) is 49.3. The van der Waals surface area contributed by atoms with Crippen LogP contribution in [-0.4, -0.2) is 297 Å². The molecule has 26 heteroatoms. The summed E-state index contributed by atoms with van der Waals surface area (Å²) in [6.07, 6.45) is 32.2. The van der Waals surface area contributed by atoms with Crippen LogP contribution in [0, 0.1) is 96.6 Å². The van der Waals surface area contributed by atoms with Crippen molar-refractivity contribution < 1.29 is 85.3 Å². The van der Waals surface area contributed by atoms with Gasteiger partial charge in [0.1, 0.15) is 17.2 Å². The molecule has 3 aromatic carbocycles. The monoisotopic (exact) mass is 1960 g/mol. The standard InChI is InChI=1S/C14H26O2Si.C14H22O2Si.2C13H24O3Si.2C13H24O2Si.C13H20O2Si.C12H18O2Si/c1-2-14(8-16-9-14)7-15-6-11-3-10-4-12(11)13(17)5-10;1-2-14(9-15-10-14)11-16-13-5-3-12(4-6-13)7-8-17;1-2-13(7-15-8-13)6-14-5-9-3-11-12(17)4-10(9)16-11;1-2-13(7-15-8-13)6-14-5-9-3-10-4-11(17)12(9)16-10;1-2-13(6-14-7-13)8-15-11-4-10-3-9(11)5-12(10)16;1-2-13(6-14-7-13)8-15-11-4-9-3-10(11)12(16)5-9;1-2-13(8-14-9-13)10-15-12-5-3-11(7-16)4-6-12;1-2-12(7-13-8-12)9-14-10-3-5-11(15)6-4-10/h10-13H,2-9H2,1,17H3;3-6H,2,7-11H2,1,17H3;2*9-12H,2-8H2,1,17H3;2*9-12H,2-8H2,1,16H3;3-6H,2,7-10H2,1,16H3;3-6H,2,7-9H2,1,15H3.